The van der Waals surface area contributed by atoms with Gasteiger partial charge in [-0.05, 0) is 43.5 Å². The molecule has 0 amide bonds. The van der Waals surface area contributed by atoms with Crippen molar-refractivity contribution in [2.45, 2.75) is 19.4 Å². The lowest BCUT2D eigenvalue weighted by atomic mass is 9.97. The molecule has 0 unspecified atom stereocenters. The van der Waals surface area contributed by atoms with Crippen LogP contribution in [-0.2, 0) is 6.54 Å². The zero-order valence-electron chi connectivity index (χ0n) is 12.5. The van der Waals surface area contributed by atoms with Crippen LogP contribution in [0.4, 0.5) is 0 Å². The van der Waals surface area contributed by atoms with E-state index in [9.17, 15) is 0 Å². The van der Waals surface area contributed by atoms with Gasteiger partial charge >= 0.3 is 0 Å². The number of likely N-dealkylation sites (tertiary alicyclic amines) is 1. The zero-order valence-corrected chi connectivity index (χ0v) is 13.2. The Balaban J connectivity index is 1.43. The molecule has 0 bridgehead atoms. The van der Waals surface area contributed by atoms with Gasteiger partial charge < -0.3 is 4.74 Å². The monoisotopic (exact) mass is 317 g/mol. The lowest BCUT2D eigenvalue weighted by Gasteiger charge is -2.31. The van der Waals surface area contributed by atoms with Crippen molar-refractivity contribution in [2.75, 3.05) is 19.7 Å². The highest BCUT2D eigenvalue weighted by molar-refractivity contribution is 6.31. The molecule has 0 N–H and O–H groups in total. The van der Waals surface area contributed by atoms with Gasteiger partial charge in [-0.15, -0.1) is 0 Å². The topological polar surface area (TPSA) is 38.2 Å². The highest BCUT2D eigenvalue weighted by Crippen LogP contribution is 2.25. The molecule has 0 radical (unpaired) electrons. The number of rotatable bonds is 5. The van der Waals surface area contributed by atoms with Gasteiger partial charge in [-0.25, -0.2) is 0 Å². The highest BCUT2D eigenvalue weighted by atomic mass is 35.5. The molecule has 2 aromatic rings. The van der Waals surface area contributed by atoms with E-state index in [-0.39, 0.29) is 0 Å². The molecule has 3 rings (SSSR count). The van der Waals surface area contributed by atoms with E-state index in [1.165, 1.54) is 5.56 Å². The predicted molar refractivity (Wildman–Crippen MR) is 87.0 cm³/mol. The van der Waals surface area contributed by atoms with E-state index >= 15 is 0 Å². The van der Waals surface area contributed by atoms with E-state index in [1.54, 1.807) is 12.4 Å². The summed E-state index contributed by atoms with van der Waals surface area (Å²) in [6, 6.07) is 5.95. The van der Waals surface area contributed by atoms with Gasteiger partial charge in [0.15, 0.2) is 0 Å². The van der Waals surface area contributed by atoms with Gasteiger partial charge in [0, 0.05) is 37.4 Å². The first-order valence-corrected chi connectivity index (χ1v) is 8.02. The van der Waals surface area contributed by atoms with E-state index in [2.05, 4.69) is 20.9 Å². The van der Waals surface area contributed by atoms with Crippen LogP contribution < -0.4 is 4.74 Å². The Morgan fingerprint density at radius 3 is 2.68 bits per heavy atom. The number of hydrogen-bond acceptors (Lipinski definition) is 4. The highest BCUT2D eigenvalue weighted by Gasteiger charge is 2.20. The average Bonchev–Trinajstić information content (AvgIpc) is 2.56. The lowest BCUT2D eigenvalue weighted by Crippen LogP contribution is -2.35. The predicted octanol–water partition coefficient (Wildman–Crippen LogP) is 3.42. The van der Waals surface area contributed by atoms with Crippen LogP contribution in [0.5, 0.6) is 5.75 Å². The van der Waals surface area contributed by atoms with E-state index in [1.807, 2.05) is 24.5 Å². The van der Waals surface area contributed by atoms with E-state index in [0.717, 1.165) is 44.8 Å². The fraction of sp³-hybridized carbons (Fsp3) is 0.412. The average molecular weight is 318 g/mol. The summed E-state index contributed by atoms with van der Waals surface area (Å²) in [5.41, 5.74) is 1.28. The Morgan fingerprint density at radius 2 is 1.95 bits per heavy atom. The fourth-order valence-corrected chi connectivity index (χ4v) is 2.92. The summed E-state index contributed by atoms with van der Waals surface area (Å²) < 4.78 is 5.83. The molecule has 116 valence electrons. The van der Waals surface area contributed by atoms with E-state index in [4.69, 9.17) is 16.3 Å². The molecule has 22 heavy (non-hydrogen) atoms. The van der Waals surface area contributed by atoms with Crippen molar-refractivity contribution >= 4 is 11.6 Å². The number of pyridine rings is 2. The number of ether oxygens (including phenoxy) is 1. The van der Waals surface area contributed by atoms with Gasteiger partial charge in [0.2, 0.25) is 0 Å². The molecule has 0 aliphatic carbocycles. The van der Waals surface area contributed by atoms with Gasteiger partial charge in [0.25, 0.3) is 0 Å². The summed E-state index contributed by atoms with van der Waals surface area (Å²) in [7, 11) is 0. The summed E-state index contributed by atoms with van der Waals surface area (Å²) in [5.74, 6) is 1.32. The first kappa shape index (κ1) is 15.3. The molecular formula is C17H20ClN3O. The van der Waals surface area contributed by atoms with Gasteiger partial charge in [0.1, 0.15) is 10.8 Å². The zero-order chi connectivity index (χ0) is 15.2. The molecule has 0 spiro atoms. The van der Waals surface area contributed by atoms with Crippen LogP contribution in [0.25, 0.3) is 0 Å². The molecule has 1 aliphatic rings. The minimum absolute atomic E-state index is 0.580. The maximum absolute atomic E-state index is 6.05. The van der Waals surface area contributed by atoms with Crippen molar-refractivity contribution in [1.29, 1.82) is 0 Å². The van der Waals surface area contributed by atoms with Crippen molar-refractivity contribution in [2.24, 2.45) is 5.92 Å². The Bertz CT molecular complexity index is 585. The molecule has 5 heteroatoms. The molecule has 2 aromatic heterocycles. The van der Waals surface area contributed by atoms with E-state index in [0.29, 0.717) is 10.9 Å². The van der Waals surface area contributed by atoms with Crippen molar-refractivity contribution in [3.8, 4) is 5.75 Å². The molecule has 0 aromatic carbocycles. The summed E-state index contributed by atoms with van der Waals surface area (Å²) in [5, 5.41) is 0.580. The number of nitrogens with zero attached hydrogens (tertiary/aromatic N) is 3. The number of halogens is 1. The summed E-state index contributed by atoms with van der Waals surface area (Å²) >= 11 is 6.05. The standard InChI is InChI=1S/C17H20ClN3O/c18-16-11-20-7-3-17(16)22-13-14-4-8-21(9-5-14)12-15-2-1-6-19-10-15/h1-3,6-7,10-11,14H,4-5,8-9,12-13H2. The molecule has 0 saturated carbocycles. The minimum atomic E-state index is 0.580. The van der Waals surface area contributed by atoms with Crippen LogP contribution in [0.15, 0.2) is 43.0 Å². The first-order valence-electron chi connectivity index (χ1n) is 7.65. The Labute approximate surface area is 136 Å². The maximum atomic E-state index is 6.05. The summed E-state index contributed by atoms with van der Waals surface area (Å²) in [6.07, 6.45) is 9.40. The molecular weight excluding hydrogens is 298 g/mol. The third kappa shape index (κ3) is 4.18. The summed E-state index contributed by atoms with van der Waals surface area (Å²) in [4.78, 5) is 10.6. The van der Waals surface area contributed by atoms with Crippen molar-refractivity contribution in [3.05, 3.63) is 53.6 Å². The molecule has 3 heterocycles. The Hall–Kier alpha value is -1.65. The first-order chi connectivity index (χ1) is 10.8. The number of piperidine rings is 1. The SMILES string of the molecule is Clc1cnccc1OCC1CCN(Cc2cccnc2)CC1. The third-order valence-electron chi connectivity index (χ3n) is 4.05. The van der Waals surface area contributed by atoms with Gasteiger partial charge in [-0.3, -0.25) is 14.9 Å². The molecule has 1 aliphatic heterocycles. The van der Waals surface area contributed by atoms with Crippen LogP contribution in [0.1, 0.15) is 18.4 Å². The maximum Gasteiger partial charge on any atom is 0.141 e. The Morgan fingerprint density at radius 1 is 1.14 bits per heavy atom. The third-order valence-corrected chi connectivity index (χ3v) is 4.33. The molecule has 0 atom stereocenters. The largest absolute Gasteiger partial charge is 0.492 e. The van der Waals surface area contributed by atoms with E-state index < -0.39 is 0 Å². The van der Waals surface area contributed by atoms with Crippen LogP contribution >= 0.6 is 11.6 Å². The number of hydrogen-bond donors (Lipinski definition) is 0. The van der Waals surface area contributed by atoms with Crippen molar-refractivity contribution in [3.63, 3.8) is 0 Å². The molecule has 1 fully saturated rings. The summed E-state index contributed by atoms with van der Waals surface area (Å²) in [6.45, 7) is 3.92. The lowest BCUT2D eigenvalue weighted by molar-refractivity contribution is 0.136. The second-order valence-electron chi connectivity index (χ2n) is 5.70. The van der Waals surface area contributed by atoms with Gasteiger partial charge in [-0.1, -0.05) is 17.7 Å². The quantitative estimate of drug-likeness (QED) is 0.847. The van der Waals surface area contributed by atoms with Gasteiger partial charge in [0.05, 0.1) is 6.61 Å². The van der Waals surface area contributed by atoms with Crippen molar-refractivity contribution < 1.29 is 4.74 Å². The smallest absolute Gasteiger partial charge is 0.141 e. The van der Waals surface area contributed by atoms with Crippen LogP contribution in [0, 0.1) is 5.92 Å². The minimum Gasteiger partial charge on any atom is -0.492 e. The fourth-order valence-electron chi connectivity index (χ4n) is 2.75. The molecule has 4 nitrogen and oxygen atoms in total. The second-order valence-corrected chi connectivity index (χ2v) is 6.11. The van der Waals surface area contributed by atoms with Crippen LogP contribution in [0.2, 0.25) is 5.02 Å². The van der Waals surface area contributed by atoms with Crippen molar-refractivity contribution in [1.82, 2.24) is 14.9 Å². The molecule has 1 saturated heterocycles. The van der Waals surface area contributed by atoms with Crippen LogP contribution in [-0.4, -0.2) is 34.6 Å². The number of aromatic nitrogens is 2. The van der Waals surface area contributed by atoms with Gasteiger partial charge in [-0.2, -0.15) is 0 Å². The normalized spacial score (nSPS) is 16.6. The van der Waals surface area contributed by atoms with Crippen LogP contribution in [0.3, 0.4) is 0 Å². The second kappa shape index (κ2) is 7.56. The Kier molecular flexibility index (Phi) is 5.24.